The van der Waals surface area contributed by atoms with Crippen molar-refractivity contribution < 1.29 is 42.3 Å². The number of ether oxygens (including phenoxy) is 8. The van der Waals surface area contributed by atoms with Crippen molar-refractivity contribution >= 4 is 17.9 Å². The van der Waals surface area contributed by atoms with Crippen LogP contribution < -0.4 is 118 Å². The average molecular weight is 1780 g/mol. The van der Waals surface area contributed by atoms with Crippen LogP contribution in [-0.2, 0) is 25.7 Å². The van der Waals surface area contributed by atoms with Gasteiger partial charge in [-0.3, -0.25) is 15.0 Å². The molecule has 0 unspecified atom stereocenters. The first-order valence-electron chi connectivity index (χ1n) is 44.3. The third-order valence-corrected chi connectivity index (χ3v) is 18.4. The SMILES string of the molecule is C=C(N)NCCc1cc(C#Cc2cccc(C#Cc3cc(CCN=C(N)N)cc(CCN=C(N)N)c3)c2)cc(CCN=C(N)N)c1.CCCCOc1cc(C#Cc2cc(F)cc(C#Cc3cc(OCCCN)cc(OCCCN)c3)c2)cc(OCCCN)c1.CCCCOc1cc(C#Cc2cccc(C#Cc3cc(OCCCN)cc(OCCCN)c3)c2)cc(OCCCN)c1. The molecule has 0 saturated carbocycles. The summed E-state index contributed by atoms with van der Waals surface area (Å²) in [5.74, 6) is 44.1. The quantitative estimate of drug-likeness (QED) is 0.00730. The zero-order valence-corrected chi connectivity index (χ0v) is 75.6. The van der Waals surface area contributed by atoms with Crippen molar-refractivity contribution in [2.45, 2.75) is 104 Å². The Morgan fingerprint density at radius 2 is 0.496 bits per heavy atom. The summed E-state index contributed by atoms with van der Waals surface area (Å²) >= 11 is 0. The molecule has 0 aromatic heterocycles. The summed E-state index contributed by atoms with van der Waals surface area (Å²) in [4.78, 5) is 12.3. The van der Waals surface area contributed by atoms with Crippen molar-refractivity contribution in [2.24, 2.45) is 89.5 Å². The second-order valence-electron chi connectivity index (χ2n) is 30.0. The number of halogens is 1. The highest BCUT2D eigenvalue weighted by molar-refractivity contribution is 5.76. The molecule has 27 N–H and O–H groups in total. The molecule has 0 atom stereocenters. The molecule has 0 aliphatic carbocycles. The minimum Gasteiger partial charge on any atom is -0.493 e. The molecular weight excluding hydrogens is 1650 g/mol. The number of rotatable bonds is 45. The van der Waals surface area contributed by atoms with Gasteiger partial charge in [0, 0.05) is 117 Å². The van der Waals surface area contributed by atoms with Gasteiger partial charge in [-0.15, -0.1) is 0 Å². The average Bonchev–Trinajstić information content (AvgIpc) is 0.860. The third kappa shape index (κ3) is 44.2. The largest absolute Gasteiger partial charge is 0.493 e. The fraction of sp³-hybridized carbons (Fsp3) is 0.324. The number of unbranched alkanes of at least 4 members (excludes halogenated alkanes) is 2. The van der Waals surface area contributed by atoms with Crippen molar-refractivity contribution in [3.8, 4) is 117 Å². The predicted molar refractivity (Wildman–Crippen MR) is 528 cm³/mol. The van der Waals surface area contributed by atoms with E-state index in [1.807, 2.05) is 133 Å². The van der Waals surface area contributed by atoms with Gasteiger partial charge in [-0.2, -0.15) is 0 Å². The van der Waals surface area contributed by atoms with Crippen molar-refractivity contribution in [3.05, 3.63) is 283 Å². The highest BCUT2D eigenvalue weighted by atomic mass is 19.1. The zero-order chi connectivity index (χ0) is 93.8. The molecule has 131 heavy (non-hydrogen) atoms. The minimum atomic E-state index is -0.428. The molecule has 0 bridgehead atoms. The molecule has 25 nitrogen and oxygen atoms in total. The van der Waals surface area contributed by atoms with E-state index in [2.05, 4.69) is 136 Å². The zero-order valence-electron chi connectivity index (χ0n) is 75.6. The van der Waals surface area contributed by atoms with Crippen LogP contribution in [0.5, 0.6) is 46.0 Å². The molecular formula is C105H128FN17O8. The maximum atomic E-state index is 14.6. The van der Waals surface area contributed by atoms with Crippen molar-refractivity contribution in [1.29, 1.82) is 0 Å². The molecule has 0 saturated heterocycles. The monoisotopic (exact) mass is 1770 g/mol. The first-order valence-corrected chi connectivity index (χ1v) is 44.3. The van der Waals surface area contributed by atoms with E-state index in [4.69, 9.17) is 112 Å². The topological polar surface area (TPSA) is 461 Å². The van der Waals surface area contributed by atoms with E-state index in [1.54, 1.807) is 6.07 Å². The van der Waals surface area contributed by atoms with Gasteiger partial charge in [0.1, 0.15) is 51.8 Å². The summed E-state index contributed by atoms with van der Waals surface area (Å²) in [5.41, 5.74) is 85.7. The van der Waals surface area contributed by atoms with E-state index in [9.17, 15) is 4.39 Å². The van der Waals surface area contributed by atoms with Crippen LogP contribution in [0.25, 0.3) is 0 Å². The number of hydrogen-bond acceptors (Lipinski definition) is 19. The number of nitrogens with zero attached hydrogens (tertiary/aromatic N) is 3. The molecule has 26 heteroatoms. The number of guanidine groups is 3. The van der Waals surface area contributed by atoms with E-state index in [0.717, 1.165) is 149 Å². The standard InChI is InChI=1S/C35H42FN3O4.C35H43N11.C35H43N3O4/c1-2-3-14-40-32-21-29(22-33(25-32)41-15-4-11-37)9-7-27-18-28(20-31(36)19-27)8-10-30-23-34(42-16-5-12-38)26-35(24-30)43-17-6-13-39;1-24(36)43-13-9-29-18-27(19-30(22-29)10-14-44-33(37)38)7-5-25-3-2-4-26(17-25)6-8-28-20-31(11-15-45-34(39)40)23-32(21-28)12-16-46-35(41)42;1-2-3-17-39-32-22-30(23-33(26-32)40-18-5-14-36)12-10-28-8-4-9-29(21-28)11-13-31-24-34(41-19-6-15-37)27-35(25-31)42-20-7-16-38/h18-26H,2-6,11-17,37-39H2,1H3;2-4,17-23,43H,1,9-16,36H2,(H4,37,38,44)(H4,39,40,45)(H4,41,42,46);4,8-9,21-27H,2-3,5-7,14-20,36-38H2,1H3. The normalized spacial score (nSPS) is 10.1. The smallest absolute Gasteiger partial charge is 0.185 e. The Kier molecular flexibility index (Phi) is 48.3. The highest BCUT2D eigenvalue weighted by Crippen LogP contribution is 2.29. The van der Waals surface area contributed by atoms with Crippen LogP contribution in [0, 0.1) is 76.9 Å². The first kappa shape index (κ1) is 104. The van der Waals surface area contributed by atoms with E-state index in [1.165, 1.54) is 12.1 Å². The second-order valence-corrected chi connectivity index (χ2v) is 30.0. The van der Waals surface area contributed by atoms with E-state index >= 15 is 0 Å². The van der Waals surface area contributed by atoms with Crippen LogP contribution in [0.1, 0.15) is 167 Å². The number of hydrogen-bond donors (Lipinski definition) is 14. The van der Waals surface area contributed by atoms with Gasteiger partial charge in [-0.25, -0.2) is 4.39 Å². The van der Waals surface area contributed by atoms with Crippen LogP contribution in [0.4, 0.5) is 4.39 Å². The second kappa shape index (κ2) is 61.1. The third-order valence-electron chi connectivity index (χ3n) is 18.4. The van der Waals surface area contributed by atoms with Gasteiger partial charge in [0.05, 0.1) is 58.7 Å². The van der Waals surface area contributed by atoms with Gasteiger partial charge in [-0.05, 0) is 266 Å². The summed E-state index contributed by atoms with van der Waals surface area (Å²) in [6.07, 6.45) is 11.3. The van der Waals surface area contributed by atoms with Crippen LogP contribution in [0.15, 0.2) is 203 Å². The molecule has 0 spiro atoms. The number of aliphatic imine (C=N–C) groups is 3. The number of benzene rings is 9. The Balaban J connectivity index is 0.000000269. The molecule has 0 aliphatic heterocycles. The summed E-state index contributed by atoms with van der Waals surface area (Å²) in [7, 11) is 0. The highest BCUT2D eigenvalue weighted by Gasteiger charge is 2.12. The predicted octanol–water partition coefficient (Wildman–Crippen LogP) is 10.3. The van der Waals surface area contributed by atoms with E-state index in [-0.39, 0.29) is 17.9 Å². The summed E-state index contributed by atoms with van der Waals surface area (Å²) < 4.78 is 61.5. The molecule has 0 aliphatic rings. The van der Waals surface area contributed by atoms with Crippen LogP contribution in [-0.4, -0.2) is 136 Å². The lowest BCUT2D eigenvalue weighted by Gasteiger charge is -2.10. The summed E-state index contributed by atoms with van der Waals surface area (Å²) in [6.45, 7) is 17.7. The lowest BCUT2D eigenvalue weighted by Crippen LogP contribution is -2.23. The first-order chi connectivity index (χ1) is 63.7. The van der Waals surface area contributed by atoms with Gasteiger partial charge in [0.15, 0.2) is 17.9 Å². The Morgan fingerprint density at radius 3 is 0.725 bits per heavy atom. The Morgan fingerprint density at radius 1 is 0.282 bits per heavy atom. The van der Waals surface area contributed by atoms with E-state index < -0.39 is 5.82 Å². The van der Waals surface area contributed by atoms with Crippen LogP contribution in [0.3, 0.4) is 0 Å². The van der Waals surface area contributed by atoms with Crippen molar-refractivity contribution in [2.75, 3.05) is 118 Å². The molecule has 0 radical (unpaired) electrons. The molecule has 9 aromatic rings. The van der Waals surface area contributed by atoms with Gasteiger partial charge in [0.2, 0.25) is 0 Å². The molecule has 0 amide bonds. The molecule has 9 rings (SSSR count). The summed E-state index contributed by atoms with van der Waals surface area (Å²) in [6, 6.07) is 55.1. The Labute approximate surface area is 773 Å². The Hall–Kier alpha value is -14.4. The maximum absolute atomic E-state index is 14.6. The van der Waals surface area contributed by atoms with Gasteiger partial charge in [0.25, 0.3) is 0 Å². The molecule has 0 fully saturated rings. The minimum absolute atomic E-state index is 0.0642. The van der Waals surface area contributed by atoms with Gasteiger partial charge in [-0.1, -0.05) is 129 Å². The van der Waals surface area contributed by atoms with Crippen molar-refractivity contribution in [1.82, 2.24) is 5.32 Å². The lowest BCUT2D eigenvalue weighted by molar-refractivity contribution is 0.295. The van der Waals surface area contributed by atoms with Crippen molar-refractivity contribution in [3.63, 3.8) is 0 Å². The fourth-order valence-corrected chi connectivity index (χ4v) is 12.1. The lowest BCUT2D eigenvalue weighted by atomic mass is 10.0. The van der Waals surface area contributed by atoms with Gasteiger partial charge < -0.3 is 118 Å². The maximum Gasteiger partial charge on any atom is 0.185 e. The molecule has 688 valence electrons. The number of nitrogens with two attached hydrogens (primary N) is 13. The van der Waals surface area contributed by atoms with Gasteiger partial charge >= 0.3 is 0 Å². The van der Waals surface area contributed by atoms with Crippen LogP contribution in [0.2, 0.25) is 0 Å². The van der Waals surface area contributed by atoms with E-state index in [0.29, 0.717) is 200 Å². The molecule has 9 aromatic carbocycles. The number of nitrogens with one attached hydrogen (secondary N) is 1. The summed E-state index contributed by atoms with van der Waals surface area (Å²) in [5, 5.41) is 3.06. The Bertz CT molecular complexity index is 5240. The van der Waals surface area contributed by atoms with Crippen LogP contribution >= 0.6 is 0 Å². The fourth-order valence-electron chi connectivity index (χ4n) is 12.1. The molecule has 0 heterocycles.